The Balaban J connectivity index is 1.39. The van der Waals surface area contributed by atoms with E-state index in [1.165, 1.54) is 0 Å². The highest BCUT2D eigenvalue weighted by molar-refractivity contribution is 5.91. The van der Waals surface area contributed by atoms with Crippen molar-refractivity contribution in [2.45, 2.75) is 77.9 Å². The predicted octanol–water partition coefficient (Wildman–Crippen LogP) is 5.39. The van der Waals surface area contributed by atoms with Crippen molar-refractivity contribution in [3.63, 3.8) is 0 Å². The monoisotopic (exact) mass is 709 g/mol. The summed E-state index contributed by atoms with van der Waals surface area (Å²) < 4.78 is 16.2. The van der Waals surface area contributed by atoms with Crippen LogP contribution in [0.3, 0.4) is 0 Å². The fourth-order valence-corrected chi connectivity index (χ4v) is 5.06. The minimum atomic E-state index is -1.05. The van der Waals surface area contributed by atoms with Crippen molar-refractivity contribution in [1.29, 1.82) is 0 Å². The third-order valence-electron chi connectivity index (χ3n) is 7.62. The number of carbonyl (C=O) groups is 4. The quantitative estimate of drug-likeness (QED) is 0.121. The number of amides is 4. The number of alkyl carbamates (subject to hydrolysis) is 2. The van der Waals surface area contributed by atoms with E-state index in [4.69, 9.17) is 14.2 Å². The van der Waals surface area contributed by atoms with Crippen LogP contribution < -0.4 is 26.0 Å². The smallest absolute Gasteiger partial charge is 0.408 e. The SMILES string of the molecule is CCOc1ccc(C[C@@H](NC(=O)OC(C)(C)C)C(=O)N[C@@H](Cc2cccnc2)C(=O)NCc2ccc(CNC(=O)OCc3ccccc3)cc2)cc1. The average molecular weight is 710 g/mol. The Morgan fingerprint density at radius 2 is 1.25 bits per heavy atom. The normalized spacial score (nSPS) is 12.1. The van der Waals surface area contributed by atoms with Gasteiger partial charge in [0.25, 0.3) is 0 Å². The van der Waals surface area contributed by atoms with Crippen LogP contribution in [0.1, 0.15) is 55.5 Å². The molecule has 1 aromatic heterocycles. The highest BCUT2D eigenvalue weighted by Gasteiger charge is 2.29. The Morgan fingerprint density at radius 1 is 0.654 bits per heavy atom. The molecule has 0 unspecified atom stereocenters. The zero-order chi connectivity index (χ0) is 37.3. The maximum Gasteiger partial charge on any atom is 0.408 e. The van der Waals surface area contributed by atoms with Gasteiger partial charge in [0.1, 0.15) is 30.0 Å². The second-order valence-electron chi connectivity index (χ2n) is 13.1. The van der Waals surface area contributed by atoms with E-state index in [2.05, 4.69) is 26.3 Å². The van der Waals surface area contributed by atoms with Crippen molar-refractivity contribution < 1.29 is 33.4 Å². The van der Waals surface area contributed by atoms with Gasteiger partial charge in [-0.3, -0.25) is 14.6 Å². The van der Waals surface area contributed by atoms with Gasteiger partial charge in [-0.1, -0.05) is 72.8 Å². The van der Waals surface area contributed by atoms with Crippen molar-refractivity contribution >= 4 is 24.0 Å². The molecular weight excluding hydrogens is 662 g/mol. The summed E-state index contributed by atoms with van der Waals surface area (Å²) in [5, 5.41) is 11.2. The van der Waals surface area contributed by atoms with Crippen LogP contribution in [0.5, 0.6) is 5.75 Å². The first kappa shape index (κ1) is 38.9. The number of hydrogen-bond acceptors (Lipinski definition) is 8. The standard InChI is InChI=1S/C40H47N5O7/c1-5-50-33-19-17-28(18-20-33)22-35(45-39(49)52-40(2,3)4)37(47)44-34(23-32-12-9-21-41-24-32)36(46)42-25-29-13-15-30(16-14-29)26-43-38(48)51-27-31-10-7-6-8-11-31/h6-21,24,34-35H,5,22-23,25-27H2,1-4H3,(H,42,46)(H,43,48)(H,44,47)(H,45,49)/t34-,35+/m0/s1. The lowest BCUT2D eigenvalue weighted by atomic mass is 10.0. The van der Waals surface area contributed by atoms with E-state index < -0.39 is 41.7 Å². The fourth-order valence-electron chi connectivity index (χ4n) is 5.06. The largest absolute Gasteiger partial charge is 0.494 e. The van der Waals surface area contributed by atoms with Gasteiger partial charge in [0, 0.05) is 38.3 Å². The van der Waals surface area contributed by atoms with Gasteiger partial charge in [-0.25, -0.2) is 9.59 Å². The first-order valence-electron chi connectivity index (χ1n) is 17.2. The topological polar surface area (TPSA) is 157 Å². The number of rotatable bonds is 16. The van der Waals surface area contributed by atoms with E-state index in [-0.39, 0.29) is 32.5 Å². The number of nitrogens with zero attached hydrogens (tertiary/aromatic N) is 1. The molecule has 12 heteroatoms. The molecule has 0 spiro atoms. The van der Waals surface area contributed by atoms with Gasteiger partial charge in [0.2, 0.25) is 11.8 Å². The third-order valence-corrected chi connectivity index (χ3v) is 7.62. The van der Waals surface area contributed by atoms with Gasteiger partial charge in [-0.15, -0.1) is 0 Å². The van der Waals surface area contributed by atoms with E-state index in [0.717, 1.165) is 27.8 Å². The lowest BCUT2D eigenvalue weighted by Gasteiger charge is -2.25. The summed E-state index contributed by atoms with van der Waals surface area (Å²) in [6, 6.07) is 25.6. The minimum Gasteiger partial charge on any atom is -0.494 e. The van der Waals surface area contributed by atoms with Crippen molar-refractivity contribution in [1.82, 2.24) is 26.3 Å². The van der Waals surface area contributed by atoms with Crippen LogP contribution in [0, 0.1) is 0 Å². The van der Waals surface area contributed by atoms with Crippen molar-refractivity contribution in [2.24, 2.45) is 0 Å². The molecule has 4 amide bonds. The highest BCUT2D eigenvalue weighted by Crippen LogP contribution is 2.15. The van der Waals surface area contributed by atoms with E-state index in [0.29, 0.717) is 12.4 Å². The second-order valence-corrected chi connectivity index (χ2v) is 13.1. The molecule has 0 saturated heterocycles. The first-order valence-corrected chi connectivity index (χ1v) is 17.2. The summed E-state index contributed by atoms with van der Waals surface area (Å²) in [7, 11) is 0. The van der Waals surface area contributed by atoms with E-state index >= 15 is 0 Å². The molecule has 3 aromatic carbocycles. The van der Waals surface area contributed by atoms with Crippen LogP contribution in [-0.4, -0.2) is 53.3 Å². The molecular formula is C40H47N5O7. The van der Waals surface area contributed by atoms with E-state index in [9.17, 15) is 19.2 Å². The summed E-state index contributed by atoms with van der Waals surface area (Å²) in [6.07, 6.45) is 2.29. The molecule has 0 radical (unpaired) electrons. The van der Waals surface area contributed by atoms with Gasteiger partial charge >= 0.3 is 12.2 Å². The molecule has 274 valence electrons. The average Bonchev–Trinajstić information content (AvgIpc) is 3.13. The van der Waals surface area contributed by atoms with Crippen LogP contribution in [0.4, 0.5) is 9.59 Å². The molecule has 12 nitrogen and oxygen atoms in total. The van der Waals surface area contributed by atoms with Crippen molar-refractivity contribution in [2.75, 3.05) is 6.61 Å². The first-order chi connectivity index (χ1) is 25.0. The molecule has 1 heterocycles. The Kier molecular flexibility index (Phi) is 14.6. The minimum absolute atomic E-state index is 0.144. The third kappa shape index (κ3) is 13.8. The van der Waals surface area contributed by atoms with E-state index in [1.54, 1.807) is 51.4 Å². The predicted molar refractivity (Wildman–Crippen MR) is 196 cm³/mol. The zero-order valence-electron chi connectivity index (χ0n) is 30.0. The van der Waals surface area contributed by atoms with Gasteiger partial charge in [0.15, 0.2) is 0 Å². The van der Waals surface area contributed by atoms with Crippen molar-refractivity contribution in [3.8, 4) is 5.75 Å². The molecule has 0 aliphatic rings. The molecule has 0 aliphatic carbocycles. The maximum atomic E-state index is 13.8. The fraction of sp³-hybridized carbons (Fsp3) is 0.325. The number of nitrogens with one attached hydrogen (secondary N) is 4. The van der Waals surface area contributed by atoms with E-state index in [1.807, 2.05) is 79.7 Å². The number of ether oxygens (including phenoxy) is 3. The van der Waals surface area contributed by atoms with Crippen LogP contribution >= 0.6 is 0 Å². The zero-order valence-corrected chi connectivity index (χ0v) is 30.0. The Labute approximate surface area is 304 Å². The Morgan fingerprint density at radius 3 is 1.87 bits per heavy atom. The molecule has 4 aromatic rings. The Bertz CT molecular complexity index is 1730. The lowest BCUT2D eigenvalue weighted by molar-refractivity contribution is -0.130. The second kappa shape index (κ2) is 19.5. The molecule has 4 N–H and O–H groups in total. The van der Waals surface area contributed by atoms with Crippen LogP contribution in [-0.2, 0) is 51.6 Å². The molecule has 4 rings (SSSR count). The summed E-state index contributed by atoms with van der Waals surface area (Å²) in [5.41, 5.74) is 3.30. The molecule has 0 aliphatic heterocycles. The molecule has 2 atom stereocenters. The van der Waals surface area contributed by atoms with Gasteiger partial charge in [-0.05, 0) is 73.7 Å². The number of aromatic nitrogens is 1. The lowest BCUT2D eigenvalue weighted by Crippen LogP contribution is -2.55. The summed E-state index contributed by atoms with van der Waals surface area (Å²) in [4.78, 5) is 56.5. The van der Waals surface area contributed by atoms with Crippen LogP contribution in [0.25, 0.3) is 0 Å². The summed E-state index contributed by atoms with van der Waals surface area (Å²) in [6.45, 7) is 8.25. The molecule has 0 fully saturated rings. The highest BCUT2D eigenvalue weighted by atomic mass is 16.6. The maximum absolute atomic E-state index is 13.8. The van der Waals surface area contributed by atoms with Gasteiger partial charge < -0.3 is 35.5 Å². The summed E-state index contributed by atoms with van der Waals surface area (Å²) >= 11 is 0. The van der Waals surface area contributed by atoms with Crippen LogP contribution in [0.2, 0.25) is 0 Å². The number of benzene rings is 3. The number of pyridine rings is 1. The van der Waals surface area contributed by atoms with Crippen LogP contribution in [0.15, 0.2) is 103 Å². The summed E-state index contributed by atoms with van der Waals surface area (Å²) in [5.74, 6) is -0.282. The number of hydrogen-bond donors (Lipinski definition) is 4. The molecule has 0 bridgehead atoms. The Hall–Kier alpha value is -5.91. The van der Waals surface area contributed by atoms with Gasteiger partial charge in [-0.2, -0.15) is 0 Å². The van der Waals surface area contributed by atoms with Gasteiger partial charge in [0.05, 0.1) is 6.61 Å². The molecule has 0 saturated carbocycles. The van der Waals surface area contributed by atoms with Crippen molar-refractivity contribution in [3.05, 3.63) is 131 Å². The molecule has 52 heavy (non-hydrogen) atoms. The number of carbonyl (C=O) groups excluding carboxylic acids is 4.